The van der Waals surface area contributed by atoms with Gasteiger partial charge in [0, 0.05) is 33.9 Å². The highest BCUT2D eigenvalue weighted by molar-refractivity contribution is 5.93. The van der Waals surface area contributed by atoms with Crippen LogP contribution in [0, 0.1) is 0 Å². The van der Waals surface area contributed by atoms with Gasteiger partial charge in [-0.2, -0.15) is 0 Å². The molecule has 0 amide bonds. The van der Waals surface area contributed by atoms with Crippen molar-refractivity contribution in [1.82, 2.24) is 0 Å². The first-order valence-corrected chi connectivity index (χ1v) is 17.0. The van der Waals surface area contributed by atoms with Crippen molar-refractivity contribution in [3.05, 3.63) is 212 Å². The van der Waals surface area contributed by atoms with E-state index in [2.05, 4.69) is 223 Å². The molecule has 0 bridgehead atoms. The Labute approximate surface area is 294 Å². The molecule has 2 heteroatoms. The highest BCUT2D eigenvalue weighted by Gasteiger charge is 2.16. The Kier molecular flexibility index (Phi) is 8.73. The molecule has 0 aliphatic rings. The summed E-state index contributed by atoms with van der Waals surface area (Å²) in [6.45, 7) is 0. The number of nitrogens with one attached hydrogen (secondary N) is 1. The number of para-hydroxylation sites is 2. The molecule has 1 N–H and O–H groups in total. The van der Waals surface area contributed by atoms with Crippen LogP contribution in [0.3, 0.4) is 0 Å². The van der Waals surface area contributed by atoms with Gasteiger partial charge in [0.15, 0.2) is 0 Å². The molecule has 0 saturated carbocycles. The quantitative estimate of drug-likeness (QED) is 0.169. The van der Waals surface area contributed by atoms with Crippen LogP contribution >= 0.6 is 0 Å². The zero-order valence-electron chi connectivity index (χ0n) is 27.7. The van der Waals surface area contributed by atoms with Crippen molar-refractivity contribution in [3.63, 3.8) is 0 Å². The summed E-state index contributed by atoms with van der Waals surface area (Å²) in [5.74, 6) is 0. The van der Waals surface area contributed by atoms with Crippen LogP contribution in [-0.4, -0.2) is 0 Å². The second-order valence-electron chi connectivity index (χ2n) is 12.3. The van der Waals surface area contributed by atoms with Gasteiger partial charge < -0.3 is 10.2 Å². The SMILES string of the molecule is c1ccc(-c2ccc(Nc3c(-c4ccccc4)cccc3-c3ccc(N(c4ccccc4)c4ccc(-c5ccccc5)cc4)cc3)cc2)cc1. The molecule has 2 nitrogen and oxygen atoms in total. The second-order valence-corrected chi connectivity index (χ2v) is 12.3. The zero-order chi connectivity index (χ0) is 33.5. The molecule has 0 unspecified atom stereocenters. The van der Waals surface area contributed by atoms with Gasteiger partial charge in [-0.25, -0.2) is 0 Å². The summed E-state index contributed by atoms with van der Waals surface area (Å²) in [4.78, 5) is 2.31. The molecule has 8 aromatic rings. The molecule has 0 saturated heterocycles. The van der Waals surface area contributed by atoms with E-state index in [0.717, 1.165) is 45.1 Å². The molecule has 0 aliphatic heterocycles. The molecular weight excluding hydrogens is 605 g/mol. The molecule has 8 rings (SSSR count). The Morgan fingerprint density at radius 3 is 1.08 bits per heavy atom. The smallest absolute Gasteiger partial charge is 0.0543 e. The highest BCUT2D eigenvalue weighted by Crippen LogP contribution is 2.41. The van der Waals surface area contributed by atoms with Gasteiger partial charge in [0.05, 0.1) is 5.69 Å². The van der Waals surface area contributed by atoms with E-state index in [4.69, 9.17) is 0 Å². The summed E-state index contributed by atoms with van der Waals surface area (Å²) in [7, 11) is 0. The van der Waals surface area contributed by atoms with Crippen molar-refractivity contribution in [2.75, 3.05) is 10.2 Å². The molecule has 238 valence electrons. The van der Waals surface area contributed by atoms with Gasteiger partial charge in [0.1, 0.15) is 0 Å². The fourth-order valence-corrected chi connectivity index (χ4v) is 6.55. The van der Waals surface area contributed by atoms with Crippen LogP contribution < -0.4 is 10.2 Å². The first-order chi connectivity index (χ1) is 24.8. The van der Waals surface area contributed by atoms with Gasteiger partial charge >= 0.3 is 0 Å². The molecule has 0 atom stereocenters. The molecule has 0 heterocycles. The Morgan fingerprint density at radius 2 is 0.600 bits per heavy atom. The number of anilines is 5. The molecule has 0 aromatic heterocycles. The summed E-state index contributed by atoms with van der Waals surface area (Å²) in [6, 6.07) is 75.2. The van der Waals surface area contributed by atoms with E-state index in [9.17, 15) is 0 Å². The normalized spacial score (nSPS) is 10.8. The molecule has 0 aliphatic carbocycles. The van der Waals surface area contributed by atoms with Crippen molar-refractivity contribution < 1.29 is 0 Å². The van der Waals surface area contributed by atoms with Crippen molar-refractivity contribution in [3.8, 4) is 44.5 Å². The topological polar surface area (TPSA) is 15.3 Å². The van der Waals surface area contributed by atoms with Gasteiger partial charge in [-0.05, 0) is 81.9 Å². The standard InChI is InChI=1S/C48H36N2/c1-5-14-36(15-6-1)38-24-30-42(31-25-38)49-48-46(40-18-9-3-10-19-40)22-13-23-47(48)41-28-34-45(35-29-41)50(43-20-11-4-12-21-43)44-32-26-39(27-33-44)37-16-7-2-8-17-37/h1-35,49H. The average Bonchev–Trinajstić information content (AvgIpc) is 3.20. The minimum Gasteiger partial charge on any atom is -0.355 e. The van der Waals surface area contributed by atoms with Gasteiger partial charge in [0.25, 0.3) is 0 Å². The van der Waals surface area contributed by atoms with E-state index in [0.29, 0.717) is 0 Å². The second kappa shape index (κ2) is 14.2. The average molecular weight is 641 g/mol. The first-order valence-electron chi connectivity index (χ1n) is 17.0. The minimum atomic E-state index is 1.04. The fourth-order valence-electron chi connectivity index (χ4n) is 6.55. The first kappa shape index (κ1) is 30.7. The Morgan fingerprint density at radius 1 is 0.260 bits per heavy atom. The largest absolute Gasteiger partial charge is 0.355 e. The van der Waals surface area contributed by atoms with Crippen molar-refractivity contribution in [2.24, 2.45) is 0 Å². The zero-order valence-corrected chi connectivity index (χ0v) is 27.7. The lowest BCUT2D eigenvalue weighted by atomic mass is 9.95. The van der Waals surface area contributed by atoms with Gasteiger partial charge in [-0.1, -0.05) is 164 Å². The molecule has 0 spiro atoms. The van der Waals surface area contributed by atoms with Crippen LogP contribution in [0.4, 0.5) is 28.4 Å². The van der Waals surface area contributed by atoms with Crippen molar-refractivity contribution >= 4 is 28.4 Å². The lowest BCUT2D eigenvalue weighted by Crippen LogP contribution is -2.09. The summed E-state index contributed by atoms with van der Waals surface area (Å²) in [6.07, 6.45) is 0. The highest BCUT2D eigenvalue weighted by atomic mass is 15.1. The van der Waals surface area contributed by atoms with Crippen LogP contribution in [0.15, 0.2) is 212 Å². The molecular formula is C48H36N2. The van der Waals surface area contributed by atoms with Crippen LogP contribution in [-0.2, 0) is 0 Å². The maximum absolute atomic E-state index is 3.81. The van der Waals surface area contributed by atoms with Gasteiger partial charge in [-0.15, -0.1) is 0 Å². The third-order valence-corrected chi connectivity index (χ3v) is 9.09. The summed E-state index contributed by atoms with van der Waals surface area (Å²) >= 11 is 0. The van der Waals surface area contributed by atoms with Crippen molar-refractivity contribution in [1.29, 1.82) is 0 Å². The molecule has 0 fully saturated rings. The maximum atomic E-state index is 3.81. The number of hydrogen-bond donors (Lipinski definition) is 1. The molecule has 50 heavy (non-hydrogen) atoms. The van der Waals surface area contributed by atoms with Crippen LogP contribution in [0.1, 0.15) is 0 Å². The predicted molar refractivity (Wildman–Crippen MR) is 213 cm³/mol. The number of nitrogens with zero attached hydrogens (tertiary/aromatic N) is 1. The van der Waals surface area contributed by atoms with Gasteiger partial charge in [-0.3, -0.25) is 0 Å². The van der Waals surface area contributed by atoms with Crippen LogP contribution in [0.5, 0.6) is 0 Å². The minimum absolute atomic E-state index is 1.04. The maximum Gasteiger partial charge on any atom is 0.0543 e. The fraction of sp³-hybridized carbons (Fsp3) is 0. The Bertz CT molecular complexity index is 2280. The van der Waals surface area contributed by atoms with E-state index in [1.54, 1.807) is 0 Å². The van der Waals surface area contributed by atoms with E-state index < -0.39 is 0 Å². The van der Waals surface area contributed by atoms with Crippen molar-refractivity contribution in [2.45, 2.75) is 0 Å². The van der Waals surface area contributed by atoms with E-state index in [-0.39, 0.29) is 0 Å². The summed E-state index contributed by atoms with van der Waals surface area (Å²) in [5.41, 5.74) is 14.9. The van der Waals surface area contributed by atoms with Crippen LogP contribution in [0.25, 0.3) is 44.5 Å². The van der Waals surface area contributed by atoms with E-state index >= 15 is 0 Å². The molecule has 8 aromatic carbocycles. The summed E-state index contributed by atoms with van der Waals surface area (Å²) < 4.78 is 0. The van der Waals surface area contributed by atoms with Gasteiger partial charge in [0.2, 0.25) is 0 Å². The number of benzene rings is 8. The van der Waals surface area contributed by atoms with Crippen LogP contribution in [0.2, 0.25) is 0 Å². The summed E-state index contributed by atoms with van der Waals surface area (Å²) in [5, 5.41) is 3.81. The third-order valence-electron chi connectivity index (χ3n) is 9.09. The molecule has 0 radical (unpaired) electrons. The Hall–Kier alpha value is -6.64. The van der Waals surface area contributed by atoms with E-state index in [1.165, 1.54) is 27.8 Å². The number of rotatable bonds is 9. The third kappa shape index (κ3) is 6.56. The lowest BCUT2D eigenvalue weighted by molar-refractivity contribution is 1.28. The predicted octanol–water partition coefficient (Wildman–Crippen LogP) is 13.6. The monoisotopic (exact) mass is 640 g/mol. The Balaban J connectivity index is 1.16. The lowest BCUT2D eigenvalue weighted by Gasteiger charge is -2.26. The number of hydrogen-bond acceptors (Lipinski definition) is 2. The van der Waals surface area contributed by atoms with E-state index in [1.807, 2.05) is 0 Å².